The van der Waals surface area contributed by atoms with E-state index in [1.807, 2.05) is 9.47 Å². The highest BCUT2D eigenvalue weighted by atomic mass is 16.2. The molecule has 2 aromatic rings. The van der Waals surface area contributed by atoms with Gasteiger partial charge in [-0.15, -0.1) is 0 Å². The van der Waals surface area contributed by atoms with Gasteiger partial charge in [-0.05, 0) is 32.8 Å². The number of carbonyl (C=O) groups is 2. The van der Waals surface area contributed by atoms with Crippen LogP contribution in [-0.4, -0.2) is 50.4 Å². The van der Waals surface area contributed by atoms with E-state index in [9.17, 15) is 9.59 Å². The molecule has 0 bridgehead atoms. The maximum atomic E-state index is 12.5. The number of aromatic nitrogens is 3. The number of hydrogen-bond acceptors (Lipinski definition) is 4. The summed E-state index contributed by atoms with van der Waals surface area (Å²) in [5.41, 5.74) is 2.02. The van der Waals surface area contributed by atoms with Crippen LogP contribution in [0, 0.1) is 5.92 Å². The number of fused-ring (bicyclic) bond motifs is 1. The molecule has 1 unspecified atom stereocenters. The van der Waals surface area contributed by atoms with Crippen molar-refractivity contribution < 1.29 is 9.59 Å². The Labute approximate surface area is 159 Å². The molecule has 1 saturated carbocycles. The predicted octanol–water partition coefficient (Wildman–Crippen LogP) is 2.53. The minimum absolute atomic E-state index is 0.157. The van der Waals surface area contributed by atoms with Crippen molar-refractivity contribution in [1.29, 1.82) is 0 Å². The predicted molar refractivity (Wildman–Crippen MR) is 102 cm³/mol. The Balaban J connectivity index is 1.37. The van der Waals surface area contributed by atoms with Crippen LogP contribution in [0.4, 0.5) is 0 Å². The lowest BCUT2D eigenvalue weighted by Gasteiger charge is -2.24. The van der Waals surface area contributed by atoms with Gasteiger partial charge in [0.25, 0.3) is 5.91 Å². The standard InChI is InChI=1S/C20H27N5O2/c1-13(2)25-12-23-17-8-15(10-21-19(17)25)20(27)22-9-14-7-18(26)24(11-14)16-5-3-4-6-16/h8,10,12-14,16H,3-7,9,11H2,1-2H3,(H,22,27). The molecule has 7 nitrogen and oxygen atoms in total. The van der Waals surface area contributed by atoms with Gasteiger partial charge in [0.1, 0.15) is 5.52 Å². The number of imidazole rings is 1. The maximum Gasteiger partial charge on any atom is 0.252 e. The van der Waals surface area contributed by atoms with Gasteiger partial charge in [0, 0.05) is 43.7 Å². The van der Waals surface area contributed by atoms with Crippen LogP contribution in [0.5, 0.6) is 0 Å². The van der Waals surface area contributed by atoms with Gasteiger partial charge in [-0.2, -0.15) is 0 Å². The zero-order chi connectivity index (χ0) is 19.0. The summed E-state index contributed by atoms with van der Waals surface area (Å²) < 4.78 is 1.98. The third-order valence-corrected chi connectivity index (χ3v) is 5.79. The molecule has 1 aliphatic heterocycles. The highest BCUT2D eigenvalue weighted by Gasteiger charge is 2.35. The van der Waals surface area contributed by atoms with Crippen LogP contribution in [0.3, 0.4) is 0 Å². The van der Waals surface area contributed by atoms with Crippen molar-refractivity contribution in [1.82, 2.24) is 24.8 Å². The van der Waals surface area contributed by atoms with Crippen LogP contribution in [0.2, 0.25) is 0 Å². The van der Waals surface area contributed by atoms with Crippen molar-refractivity contribution in [2.24, 2.45) is 5.92 Å². The highest BCUT2D eigenvalue weighted by Crippen LogP contribution is 2.29. The molecule has 1 saturated heterocycles. The van der Waals surface area contributed by atoms with Crippen LogP contribution in [0.25, 0.3) is 11.2 Å². The molecule has 3 heterocycles. The van der Waals surface area contributed by atoms with E-state index >= 15 is 0 Å². The van der Waals surface area contributed by atoms with E-state index in [0.29, 0.717) is 24.6 Å². The van der Waals surface area contributed by atoms with E-state index in [0.717, 1.165) is 30.6 Å². The molecule has 2 aromatic heterocycles. The number of nitrogens with one attached hydrogen (secondary N) is 1. The zero-order valence-corrected chi connectivity index (χ0v) is 16.0. The van der Waals surface area contributed by atoms with Gasteiger partial charge in [0.2, 0.25) is 5.91 Å². The summed E-state index contributed by atoms with van der Waals surface area (Å²) in [6.07, 6.45) is 8.58. The Hall–Kier alpha value is -2.44. The number of likely N-dealkylation sites (tertiary alicyclic amines) is 1. The first-order valence-electron chi connectivity index (χ1n) is 9.93. The maximum absolute atomic E-state index is 12.5. The van der Waals surface area contributed by atoms with Crippen LogP contribution in [-0.2, 0) is 4.79 Å². The first-order chi connectivity index (χ1) is 13.0. The molecule has 2 fully saturated rings. The molecular formula is C20H27N5O2. The number of carbonyl (C=O) groups excluding carboxylic acids is 2. The lowest BCUT2D eigenvalue weighted by molar-refractivity contribution is -0.129. The van der Waals surface area contributed by atoms with Crippen molar-refractivity contribution in [3.05, 3.63) is 24.2 Å². The van der Waals surface area contributed by atoms with Crippen LogP contribution < -0.4 is 5.32 Å². The van der Waals surface area contributed by atoms with Gasteiger partial charge in [-0.1, -0.05) is 12.8 Å². The average Bonchev–Trinajstić information content (AvgIpc) is 3.38. The molecule has 2 amide bonds. The zero-order valence-electron chi connectivity index (χ0n) is 16.0. The Morgan fingerprint density at radius 1 is 1.30 bits per heavy atom. The summed E-state index contributed by atoms with van der Waals surface area (Å²) in [6, 6.07) is 2.46. The Morgan fingerprint density at radius 3 is 2.81 bits per heavy atom. The smallest absolute Gasteiger partial charge is 0.252 e. The van der Waals surface area contributed by atoms with E-state index in [1.54, 1.807) is 18.6 Å². The number of hydrogen-bond donors (Lipinski definition) is 1. The quantitative estimate of drug-likeness (QED) is 0.878. The van der Waals surface area contributed by atoms with Gasteiger partial charge in [0.05, 0.1) is 11.9 Å². The van der Waals surface area contributed by atoms with Crippen molar-refractivity contribution in [2.75, 3.05) is 13.1 Å². The first kappa shape index (κ1) is 17.9. The van der Waals surface area contributed by atoms with E-state index in [-0.39, 0.29) is 23.8 Å². The Kier molecular flexibility index (Phi) is 4.85. The highest BCUT2D eigenvalue weighted by molar-refractivity contribution is 5.96. The molecule has 2 aliphatic rings. The fraction of sp³-hybridized carbons (Fsp3) is 0.600. The lowest BCUT2D eigenvalue weighted by atomic mass is 10.1. The average molecular weight is 369 g/mol. The monoisotopic (exact) mass is 369 g/mol. The molecule has 27 heavy (non-hydrogen) atoms. The van der Waals surface area contributed by atoms with Gasteiger partial charge in [-0.25, -0.2) is 9.97 Å². The fourth-order valence-electron chi connectivity index (χ4n) is 4.27. The number of pyridine rings is 1. The molecule has 0 spiro atoms. The molecule has 7 heteroatoms. The normalized spacial score (nSPS) is 20.9. The number of nitrogens with zero attached hydrogens (tertiary/aromatic N) is 4. The minimum atomic E-state index is -0.157. The van der Waals surface area contributed by atoms with E-state index in [4.69, 9.17) is 0 Å². The first-order valence-corrected chi connectivity index (χ1v) is 9.93. The summed E-state index contributed by atoms with van der Waals surface area (Å²) >= 11 is 0. The van der Waals surface area contributed by atoms with Crippen molar-refractivity contribution in [3.63, 3.8) is 0 Å². The van der Waals surface area contributed by atoms with Gasteiger partial charge < -0.3 is 14.8 Å². The number of rotatable bonds is 5. The van der Waals surface area contributed by atoms with Crippen molar-refractivity contribution in [3.8, 4) is 0 Å². The summed E-state index contributed by atoms with van der Waals surface area (Å²) in [5, 5.41) is 2.97. The van der Waals surface area contributed by atoms with Crippen LogP contribution in [0.15, 0.2) is 18.6 Å². The van der Waals surface area contributed by atoms with E-state index in [1.165, 1.54) is 12.8 Å². The molecular weight excluding hydrogens is 342 g/mol. The second-order valence-corrected chi connectivity index (χ2v) is 8.08. The van der Waals surface area contributed by atoms with Crippen molar-refractivity contribution in [2.45, 2.75) is 58.0 Å². The largest absolute Gasteiger partial charge is 0.352 e. The molecule has 1 N–H and O–H groups in total. The summed E-state index contributed by atoms with van der Waals surface area (Å²) in [4.78, 5) is 35.6. The molecule has 0 radical (unpaired) electrons. The molecule has 4 rings (SSSR count). The second-order valence-electron chi connectivity index (χ2n) is 8.08. The fourth-order valence-corrected chi connectivity index (χ4v) is 4.27. The van der Waals surface area contributed by atoms with Gasteiger partial charge >= 0.3 is 0 Å². The topological polar surface area (TPSA) is 80.1 Å². The molecule has 1 aliphatic carbocycles. The second kappa shape index (κ2) is 7.29. The third-order valence-electron chi connectivity index (χ3n) is 5.79. The van der Waals surface area contributed by atoms with Crippen LogP contribution >= 0.6 is 0 Å². The molecule has 1 atom stereocenters. The molecule has 0 aromatic carbocycles. The van der Waals surface area contributed by atoms with Gasteiger partial charge in [-0.3, -0.25) is 9.59 Å². The van der Waals surface area contributed by atoms with Crippen LogP contribution in [0.1, 0.15) is 62.4 Å². The third kappa shape index (κ3) is 3.55. The summed E-state index contributed by atoms with van der Waals surface area (Å²) in [5.74, 6) is 0.276. The molecule has 144 valence electrons. The Morgan fingerprint density at radius 2 is 2.07 bits per heavy atom. The lowest BCUT2D eigenvalue weighted by Crippen LogP contribution is -2.36. The summed E-state index contributed by atoms with van der Waals surface area (Å²) in [7, 11) is 0. The number of amides is 2. The van der Waals surface area contributed by atoms with E-state index < -0.39 is 0 Å². The SMILES string of the molecule is CC(C)n1cnc2cc(C(=O)NCC3CC(=O)N(C4CCCC4)C3)cnc21. The van der Waals surface area contributed by atoms with Gasteiger partial charge in [0.15, 0.2) is 5.65 Å². The minimum Gasteiger partial charge on any atom is -0.352 e. The summed E-state index contributed by atoms with van der Waals surface area (Å²) in [6.45, 7) is 5.43. The Bertz CT molecular complexity index is 853. The van der Waals surface area contributed by atoms with E-state index in [2.05, 4.69) is 29.1 Å². The van der Waals surface area contributed by atoms with Crippen molar-refractivity contribution >= 4 is 23.0 Å².